The molecule has 16 heavy (non-hydrogen) atoms. The molecule has 0 saturated heterocycles. The van der Waals surface area contributed by atoms with E-state index in [4.69, 9.17) is 10.5 Å². The van der Waals surface area contributed by atoms with Crippen molar-refractivity contribution in [3.05, 3.63) is 29.8 Å². The Balaban J connectivity index is 2.50. The van der Waals surface area contributed by atoms with E-state index < -0.39 is 0 Å². The van der Waals surface area contributed by atoms with E-state index in [9.17, 15) is 4.79 Å². The second-order valence-electron chi connectivity index (χ2n) is 3.88. The van der Waals surface area contributed by atoms with Gasteiger partial charge < -0.3 is 15.8 Å². The van der Waals surface area contributed by atoms with Crippen LogP contribution in [0.5, 0.6) is 5.75 Å². The molecule has 1 amide bonds. The second-order valence-corrected chi connectivity index (χ2v) is 3.88. The highest BCUT2D eigenvalue weighted by molar-refractivity contribution is 5.75. The summed E-state index contributed by atoms with van der Waals surface area (Å²) >= 11 is 0. The molecule has 0 fully saturated rings. The first-order chi connectivity index (χ1) is 7.58. The Morgan fingerprint density at radius 2 is 2.25 bits per heavy atom. The number of benzene rings is 1. The van der Waals surface area contributed by atoms with Crippen LogP contribution in [0.4, 0.5) is 0 Å². The van der Waals surface area contributed by atoms with E-state index >= 15 is 0 Å². The average molecular weight is 222 g/mol. The van der Waals surface area contributed by atoms with E-state index in [-0.39, 0.29) is 18.6 Å². The Labute approximate surface area is 95.8 Å². The first-order valence-electron chi connectivity index (χ1n) is 5.32. The fraction of sp³-hybridized carbons (Fsp3) is 0.417. The summed E-state index contributed by atoms with van der Waals surface area (Å²) in [4.78, 5) is 10.5. The Morgan fingerprint density at radius 1 is 1.50 bits per heavy atom. The molecule has 0 heterocycles. The van der Waals surface area contributed by atoms with Crippen molar-refractivity contribution in [2.45, 2.75) is 26.5 Å². The van der Waals surface area contributed by atoms with Gasteiger partial charge in [-0.1, -0.05) is 12.1 Å². The van der Waals surface area contributed by atoms with Crippen molar-refractivity contribution < 1.29 is 9.53 Å². The van der Waals surface area contributed by atoms with Crippen LogP contribution in [-0.2, 0) is 11.3 Å². The van der Waals surface area contributed by atoms with Crippen molar-refractivity contribution in [3.63, 3.8) is 0 Å². The normalized spacial score (nSPS) is 10.4. The summed E-state index contributed by atoms with van der Waals surface area (Å²) in [6.07, 6.45) is 0.161. The Hall–Kier alpha value is -1.55. The molecule has 0 spiro atoms. The van der Waals surface area contributed by atoms with Crippen molar-refractivity contribution in [1.82, 2.24) is 5.32 Å². The van der Waals surface area contributed by atoms with Gasteiger partial charge >= 0.3 is 0 Å². The van der Waals surface area contributed by atoms with Gasteiger partial charge in [-0.25, -0.2) is 0 Å². The van der Waals surface area contributed by atoms with Crippen LogP contribution < -0.4 is 15.8 Å². The van der Waals surface area contributed by atoms with Gasteiger partial charge in [0.25, 0.3) is 0 Å². The molecule has 0 bridgehead atoms. The zero-order valence-electron chi connectivity index (χ0n) is 9.69. The van der Waals surface area contributed by atoms with Gasteiger partial charge in [0.2, 0.25) is 5.91 Å². The van der Waals surface area contributed by atoms with Crippen LogP contribution in [0, 0.1) is 0 Å². The number of nitrogens with one attached hydrogen (secondary N) is 1. The molecule has 1 rings (SSSR count). The topological polar surface area (TPSA) is 64.3 Å². The zero-order chi connectivity index (χ0) is 12.0. The van der Waals surface area contributed by atoms with Crippen molar-refractivity contribution in [2.75, 3.05) is 6.54 Å². The van der Waals surface area contributed by atoms with Crippen LogP contribution in [0.25, 0.3) is 0 Å². The van der Waals surface area contributed by atoms with E-state index in [0.29, 0.717) is 6.54 Å². The van der Waals surface area contributed by atoms with Gasteiger partial charge in [-0.3, -0.25) is 4.79 Å². The molecule has 0 unspecified atom stereocenters. The van der Waals surface area contributed by atoms with Gasteiger partial charge in [-0.2, -0.15) is 0 Å². The van der Waals surface area contributed by atoms with E-state index in [2.05, 4.69) is 5.32 Å². The lowest BCUT2D eigenvalue weighted by molar-refractivity contribution is -0.117. The fourth-order valence-electron chi connectivity index (χ4n) is 1.33. The molecule has 1 aromatic carbocycles. The van der Waals surface area contributed by atoms with E-state index in [1.807, 2.05) is 38.1 Å². The molecule has 0 saturated carbocycles. The molecule has 88 valence electrons. The lowest BCUT2D eigenvalue weighted by atomic mass is 10.2. The standard InChI is InChI=1S/C12H18N2O2/c1-9(2)16-11-5-3-4-10(6-11)7-14-8-12(13)15/h3-6,9,14H,7-8H2,1-2H3,(H2,13,15). The molecular formula is C12H18N2O2. The van der Waals surface area contributed by atoms with E-state index in [1.165, 1.54) is 0 Å². The van der Waals surface area contributed by atoms with Gasteiger partial charge in [0, 0.05) is 6.54 Å². The summed E-state index contributed by atoms with van der Waals surface area (Å²) in [7, 11) is 0. The zero-order valence-corrected chi connectivity index (χ0v) is 9.69. The molecule has 3 N–H and O–H groups in total. The Bertz CT molecular complexity index is 351. The summed E-state index contributed by atoms with van der Waals surface area (Å²) in [5.41, 5.74) is 6.10. The summed E-state index contributed by atoms with van der Waals surface area (Å²) in [6.45, 7) is 4.77. The quantitative estimate of drug-likeness (QED) is 0.756. The molecule has 0 atom stereocenters. The molecule has 1 aromatic rings. The summed E-state index contributed by atoms with van der Waals surface area (Å²) in [6, 6.07) is 7.77. The summed E-state index contributed by atoms with van der Waals surface area (Å²) in [5.74, 6) is 0.489. The Morgan fingerprint density at radius 3 is 2.88 bits per heavy atom. The highest BCUT2D eigenvalue weighted by Gasteiger charge is 2.00. The van der Waals surface area contributed by atoms with Crippen LogP contribution in [0.1, 0.15) is 19.4 Å². The number of nitrogens with two attached hydrogens (primary N) is 1. The van der Waals surface area contributed by atoms with Crippen molar-refractivity contribution in [3.8, 4) is 5.75 Å². The minimum atomic E-state index is -0.352. The van der Waals surface area contributed by atoms with Crippen molar-refractivity contribution in [2.24, 2.45) is 5.73 Å². The van der Waals surface area contributed by atoms with Crippen molar-refractivity contribution in [1.29, 1.82) is 0 Å². The molecule has 4 heteroatoms. The monoisotopic (exact) mass is 222 g/mol. The number of amides is 1. The third kappa shape index (κ3) is 4.79. The van der Waals surface area contributed by atoms with Gasteiger partial charge in [-0.05, 0) is 31.5 Å². The van der Waals surface area contributed by atoms with Crippen LogP contribution in [-0.4, -0.2) is 18.6 Å². The molecule has 4 nitrogen and oxygen atoms in total. The first-order valence-corrected chi connectivity index (χ1v) is 5.32. The maximum atomic E-state index is 10.5. The third-order valence-corrected chi connectivity index (χ3v) is 1.90. The van der Waals surface area contributed by atoms with Crippen LogP contribution in [0.3, 0.4) is 0 Å². The maximum absolute atomic E-state index is 10.5. The van der Waals surface area contributed by atoms with E-state index in [1.54, 1.807) is 0 Å². The lowest BCUT2D eigenvalue weighted by Crippen LogP contribution is -2.28. The van der Waals surface area contributed by atoms with E-state index in [0.717, 1.165) is 11.3 Å². The molecule has 0 radical (unpaired) electrons. The number of carbonyl (C=O) groups is 1. The predicted octanol–water partition coefficient (Wildman–Crippen LogP) is 1.05. The number of rotatable bonds is 6. The predicted molar refractivity (Wildman–Crippen MR) is 63.1 cm³/mol. The average Bonchev–Trinajstić information content (AvgIpc) is 2.16. The number of primary amides is 1. The van der Waals surface area contributed by atoms with Gasteiger partial charge in [0.15, 0.2) is 0 Å². The Kier molecular flexibility index (Phi) is 4.79. The SMILES string of the molecule is CC(C)Oc1cccc(CNCC(N)=O)c1. The number of ether oxygens (including phenoxy) is 1. The maximum Gasteiger partial charge on any atom is 0.231 e. The number of hydrogen-bond acceptors (Lipinski definition) is 3. The minimum Gasteiger partial charge on any atom is -0.491 e. The fourth-order valence-corrected chi connectivity index (χ4v) is 1.33. The second kappa shape index (κ2) is 6.12. The van der Waals surface area contributed by atoms with Gasteiger partial charge in [-0.15, -0.1) is 0 Å². The third-order valence-electron chi connectivity index (χ3n) is 1.90. The molecule has 0 aromatic heterocycles. The number of hydrogen-bond donors (Lipinski definition) is 2. The summed E-state index contributed by atoms with van der Waals surface area (Å²) < 4.78 is 5.56. The van der Waals surface area contributed by atoms with Gasteiger partial charge in [0.05, 0.1) is 12.6 Å². The van der Waals surface area contributed by atoms with Crippen molar-refractivity contribution >= 4 is 5.91 Å². The minimum absolute atomic E-state index is 0.161. The largest absolute Gasteiger partial charge is 0.491 e. The number of carbonyl (C=O) groups excluding carboxylic acids is 1. The molecular weight excluding hydrogens is 204 g/mol. The smallest absolute Gasteiger partial charge is 0.231 e. The van der Waals surface area contributed by atoms with Crippen LogP contribution in [0.2, 0.25) is 0 Å². The highest BCUT2D eigenvalue weighted by atomic mass is 16.5. The lowest BCUT2D eigenvalue weighted by Gasteiger charge is -2.11. The highest BCUT2D eigenvalue weighted by Crippen LogP contribution is 2.14. The molecule has 0 aliphatic carbocycles. The summed E-state index contributed by atoms with van der Waals surface area (Å²) in [5, 5.41) is 2.95. The van der Waals surface area contributed by atoms with Crippen LogP contribution in [0.15, 0.2) is 24.3 Å². The van der Waals surface area contributed by atoms with Crippen LogP contribution >= 0.6 is 0 Å². The first kappa shape index (κ1) is 12.5. The molecule has 0 aliphatic rings. The molecule has 0 aliphatic heterocycles. The van der Waals surface area contributed by atoms with Gasteiger partial charge in [0.1, 0.15) is 5.75 Å².